The van der Waals surface area contributed by atoms with E-state index < -0.39 is 12.1 Å². The van der Waals surface area contributed by atoms with Crippen molar-refractivity contribution in [3.05, 3.63) is 36.5 Å². The van der Waals surface area contributed by atoms with Crippen LogP contribution in [0.5, 0.6) is 0 Å². The Labute approximate surface area is 392 Å². The average molecular weight is 886 g/mol. The predicted molar refractivity (Wildman–Crippen MR) is 273 cm³/mol. The zero-order chi connectivity index (χ0) is 45.8. The number of carbonyl (C=O) groups is 2. The van der Waals surface area contributed by atoms with E-state index in [1.54, 1.807) is 6.08 Å². The highest BCUT2D eigenvalue weighted by Gasteiger charge is 2.18. The summed E-state index contributed by atoms with van der Waals surface area (Å²) in [6.45, 7) is 4.83. The Morgan fingerprint density at radius 2 is 0.762 bits per heavy atom. The first-order chi connectivity index (χ1) is 31.0. The van der Waals surface area contributed by atoms with Crippen LogP contribution < -0.4 is 5.32 Å². The molecule has 0 heterocycles. The van der Waals surface area contributed by atoms with Gasteiger partial charge in [0.2, 0.25) is 5.91 Å². The second-order valence-corrected chi connectivity index (χ2v) is 18.9. The Balaban J connectivity index is 3.53. The van der Waals surface area contributed by atoms with Gasteiger partial charge in [0.1, 0.15) is 0 Å². The van der Waals surface area contributed by atoms with Crippen LogP contribution in [0, 0.1) is 0 Å². The largest absolute Gasteiger partial charge is 0.466 e. The molecule has 6 heteroatoms. The minimum absolute atomic E-state index is 0.0225. The Morgan fingerprint density at radius 3 is 1.17 bits per heavy atom. The summed E-state index contributed by atoms with van der Waals surface area (Å²) in [6, 6.07) is -0.640. The van der Waals surface area contributed by atoms with Gasteiger partial charge in [-0.1, -0.05) is 237 Å². The first-order valence-electron chi connectivity index (χ1n) is 27.8. The smallest absolute Gasteiger partial charge is 0.305 e. The van der Waals surface area contributed by atoms with Crippen molar-refractivity contribution in [2.45, 2.75) is 302 Å². The van der Waals surface area contributed by atoms with E-state index in [1.165, 1.54) is 193 Å². The van der Waals surface area contributed by atoms with Crippen LogP contribution in [0.3, 0.4) is 0 Å². The first-order valence-corrected chi connectivity index (χ1v) is 27.8. The Kier molecular flexibility index (Phi) is 51.1. The normalized spacial score (nSPS) is 12.9. The van der Waals surface area contributed by atoms with Gasteiger partial charge in [-0.05, 0) is 77.0 Å². The average Bonchev–Trinajstić information content (AvgIpc) is 3.28. The second kappa shape index (κ2) is 52.7. The molecule has 2 atom stereocenters. The third kappa shape index (κ3) is 49.4. The number of nitrogens with one attached hydrogen (secondary N) is 1. The monoisotopic (exact) mass is 886 g/mol. The minimum Gasteiger partial charge on any atom is -0.466 e. The van der Waals surface area contributed by atoms with Crippen LogP contribution in [0.25, 0.3) is 0 Å². The number of hydrogen-bond acceptors (Lipinski definition) is 5. The molecule has 0 aliphatic carbocycles. The SMILES string of the molecule is CCCC/C=C\CCCCCCCC(=O)OCCCCCC/C=C\CCCCCCCCCC(=O)NC(CO)C(O)/C=C/CCCCCCCCCCCCCCCCCCCC. The molecule has 3 N–H and O–H groups in total. The molecule has 0 aromatic rings. The van der Waals surface area contributed by atoms with E-state index in [1.807, 2.05) is 6.08 Å². The van der Waals surface area contributed by atoms with Gasteiger partial charge >= 0.3 is 5.97 Å². The molecule has 0 fully saturated rings. The van der Waals surface area contributed by atoms with Crippen molar-refractivity contribution >= 4 is 11.9 Å². The Morgan fingerprint density at radius 1 is 0.429 bits per heavy atom. The lowest BCUT2D eigenvalue weighted by Gasteiger charge is -2.20. The van der Waals surface area contributed by atoms with Crippen molar-refractivity contribution in [2.24, 2.45) is 0 Å². The summed E-state index contributed by atoms with van der Waals surface area (Å²) in [5.74, 6) is -0.105. The van der Waals surface area contributed by atoms with Gasteiger partial charge in [-0.15, -0.1) is 0 Å². The van der Waals surface area contributed by atoms with Gasteiger partial charge in [0, 0.05) is 12.8 Å². The van der Waals surface area contributed by atoms with Crippen LogP contribution in [0.1, 0.15) is 290 Å². The second-order valence-electron chi connectivity index (χ2n) is 18.9. The van der Waals surface area contributed by atoms with Gasteiger partial charge in [0.15, 0.2) is 0 Å². The molecule has 0 radical (unpaired) electrons. The third-order valence-corrected chi connectivity index (χ3v) is 12.6. The lowest BCUT2D eigenvalue weighted by molar-refractivity contribution is -0.143. The number of allylic oxidation sites excluding steroid dienone is 5. The molecule has 0 spiro atoms. The van der Waals surface area contributed by atoms with E-state index >= 15 is 0 Å². The summed E-state index contributed by atoms with van der Waals surface area (Å²) >= 11 is 0. The zero-order valence-corrected chi connectivity index (χ0v) is 42.1. The molecule has 0 rings (SSSR count). The van der Waals surface area contributed by atoms with Crippen LogP contribution in [0.4, 0.5) is 0 Å². The maximum atomic E-state index is 12.5. The number of aliphatic hydroxyl groups excluding tert-OH is 2. The highest BCUT2D eigenvalue weighted by molar-refractivity contribution is 5.76. The van der Waals surface area contributed by atoms with E-state index in [9.17, 15) is 19.8 Å². The van der Waals surface area contributed by atoms with Crippen LogP contribution in [-0.2, 0) is 14.3 Å². The Hall–Kier alpha value is -1.92. The van der Waals surface area contributed by atoms with Gasteiger partial charge in [0.05, 0.1) is 25.4 Å². The van der Waals surface area contributed by atoms with Crippen LogP contribution >= 0.6 is 0 Å². The summed E-state index contributed by atoms with van der Waals surface area (Å²) in [7, 11) is 0. The molecule has 0 saturated carbocycles. The molecule has 370 valence electrons. The summed E-state index contributed by atoms with van der Waals surface area (Å²) in [5, 5.41) is 23.1. The summed E-state index contributed by atoms with van der Waals surface area (Å²) < 4.78 is 5.43. The molecule has 0 bridgehead atoms. The number of rotatable bonds is 51. The predicted octanol–water partition coefficient (Wildman–Crippen LogP) is 16.9. The summed E-state index contributed by atoms with van der Waals surface area (Å²) in [5.41, 5.74) is 0. The number of hydrogen-bond donors (Lipinski definition) is 3. The number of unbranched alkanes of at least 4 members (excludes halogenated alkanes) is 36. The lowest BCUT2D eigenvalue weighted by atomic mass is 10.0. The highest BCUT2D eigenvalue weighted by Crippen LogP contribution is 2.16. The van der Waals surface area contributed by atoms with Gasteiger partial charge < -0.3 is 20.3 Å². The molecule has 1 amide bonds. The molecule has 6 nitrogen and oxygen atoms in total. The number of ether oxygens (including phenoxy) is 1. The fourth-order valence-electron chi connectivity index (χ4n) is 8.31. The number of aliphatic hydroxyl groups is 2. The van der Waals surface area contributed by atoms with Gasteiger partial charge in [-0.25, -0.2) is 0 Å². The minimum atomic E-state index is -0.855. The fraction of sp³-hybridized carbons (Fsp3) is 0.860. The molecule has 0 aliphatic heterocycles. The topological polar surface area (TPSA) is 95.9 Å². The quantitative estimate of drug-likeness (QED) is 0.0321. The van der Waals surface area contributed by atoms with E-state index in [0.717, 1.165) is 70.6 Å². The molecule has 0 aromatic heterocycles. The van der Waals surface area contributed by atoms with Crippen LogP contribution in [-0.4, -0.2) is 47.4 Å². The number of amides is 1. The van der Waals surface area contributed by atoms with E-state index in [4.69, 9.17) is 4.74 Å². The maximum absolute atomic E-state index is 12.5. The van der Waals surface area contributed by atoms with Crippen molar-refractivity contribution in [3.63, 3.8) is 0 Å². The van der Waals surface area contributed by atoms with E-state index in [-0.39, 0.29) is 18.5 Å². The molecule has 63 heavy (non-hydrogen) atoms. The summed E-state index contributed by atoms with van der Waals surface area (Å²) in [4.78, 5) is 24.4. The van der Waals surface area contributed by atoms with Crippen molar-refractivity contribution in [1.82, 2.24) is 5.32 Å². The molecule has 0 aliphatic rings. The first kappa shape index (κ1) is 61.1. The van der Waals surface area contributed by atoms with Gasteiger partial charge in [-0.3, -0.25) is 9.59 Å². The van der Waals surface area contributed by atoms with Crippen molar-refractivity contribution in [2.75, 3.05) is 13.2 Å². The highest BCUT2D eigenvalue weighted by atomic mass is 16.5. The number of esters is 1. The van der Waals surface area contributed by atoms with Crippen molar-refractivity contribution < 1.29 is 24.5 Å². The zero-order valence-electron chi connectivity index (χ0n) is 42.1. The lowest BCUT2D eigenvalue weighted by Crippen LogP contribution is -2.45. The fourth-order valence-corrected chi connectivity index (χ4v) is 8.31. The third-order valence-electron chi connectivity index (χ3n) is 12.6. The summed E-state index contributed by atoms with van der Waals surface area (Å²) in [6.07, 6.45) is 64.4. The van der Waals surface area contributed by atoms with Crippen LogP contribution in [0.15, 0.2) is 36.5 Å². The van der Waals surface area contributed by atoms with Gasteiger partial charge in [-0.2, -0.15) is 0 Å². The molecule has 0 saturated heterocycles. The van der Waals surface area contributed by atoms with Crippen LogP contribution in [0.2, 0.25) is 0 Å². The molecule has 0 aromatic carbocycles. The van der Waals surface area contributed by atoms with Crippen molar-refractivity contribution in [1.29, 1.82) is 0 Å². The molecular formula is C57H107NO5. The van der Waals surface area contributed by atoms with E-state index in [0.29, 0.717) is 19.4 Å². The molecule has 2 unspecified atom stereocenters. The van der Waals surface area contributed by atoms with Crippen molar-refractivity contribution in [3.8, 4) is 0 Å². The number of carbonyl (C=O) groups excluding carboxylic acids is 2. The molecular weight excluding hydrogens is 779 g/mol. The van der Waals surface area contributed by atoms with Gasteiger partial charge in [0.25, 0.3) is 0 Å². The maximum Gasteiger partial charge on any atom is 0.305 e. The standard InChI is InChI=1S/C57H107NO5/c1-3-5-7-9-11-13-15-16-17-18-19-20-21-23-26-30-33-37-41-45-49-55(60)54(53-59)58-56(61)50-46-42-38-34-31-27-24-22-25-28-32-36-40-44-48-52-63-57(62)51-47-43-39-35-29-14-12-10-8-6-4-2/h10,12,25,28,45,49,54-55,59-60H,3-9,11,13-24,26-27,29-44,46-48,50-53H2,1-2H3,(H,58,61)/b12-10-,28-25-,49-45+. The van der Waals surface area contributed by atoms with E-state index in [2.05, 4.69) is 43.5 Å². The Bertz CT molecular complexity index is 1020.